The molecule has 0 aliphatic carbocycles. The van der Waals surface area contributed by atoms with Gasteiger partial charge in [0.15, 0.2) is 11.6 Å². The molecule has 0 atom stereocenters. The maximum atomic E-state index is 14.7. The van der Waals surface area contributed by atoms with E-state index < -0.39 is 47.0 Å². The standard InChI is InChI=1S/C35H34F2O10/c1-3-31(38)44-19-8-6-5-7-18-42-26-14-10-24(11-15-26)34(40)46-28-22-29(36)33(30(37)23-28)47-35(41)25-12-16-27(17-13-25)43-20-9-21-45-32(39)4-2/h3-4,10-17,22-23H,1-2,5-9,18-21H2. The third kappa shape index (κ3) is 12.4. The zero-order chi connectivity index (χ0) is 34.0. The quantitative estimate of drug-likeness (QED) is 0.0608. The lowest BCUT2D eigenvalue weighted by Gasteiger charge is -2.11. The monoisotopic (exact) mass is 652 g/mol. The van der Waals surface area contributed by atoms with Gasteiger partial charge in [0.05, 0.1) is 37.6 Å². The van der Waals surface area contributed by atoms with Crippen molar-refractivity contribution in [1.82, 2.24) is 0 Å². The van der Waals surface area contributed by atoms with E-state index in [9.17, 15) is 28.0 Å². The summed E-state index contributed by atoms with van der Waals surface area (Å²) in [5.74, 6) is -5.81. The van der Waals surface area contributed by atoms with E-state index in [2.05, 4.69) is 13.2 Å². The van der Waals surface area contributed by atoms with Crippen molar-refractivity contribution in [2.24, 2.45) is 0 Å². The van der Waals surface area contributed by atoms with Crippen LogP contribution in [0.15, 0.2) is 86.0 Å². The Morgan fingerprint density at radius 2 is 0.979 bits per heavy atom. The van der Waals surface area contributed by atoms with E-state index in [1.165, 1.54) is 36.4 Å². The first kappa shape index (κ1) is 36.0. The lowest BCUT2D eigenvalue weighted by atomic mass is 10.2. The van der Waals surface area contributed by atoms with Gasteiger partial charge in [0.1, 0.15) is 17.2 Å². The molecule has 0 aliphatic rings. The molecule has 0 heterocycles. The second kappa shape index (κ2) is 19.1. The molecule has 248 valence electrons. The molecule has 0 amide bonds. The van der Waals surface area contributed by atoms with Gasteiger partial charge in [-0.3, -0.25) is 0 Å². The van der Waals surface area contributed by atoms with Gasteiger partial charge in [-0.2, -0.15) is 0 Å². The highest BCUT2D eigenvalue weighted by molar-refractivity contribution is 5.92. The van der Waals surface area contributed by atoms with Crippen molar-refractivity contribution in [3.8, 4) is 23.0 Å². The highest BCUT2D eigenvalue weighted by Gasteiger charge is 2.20. The summed E-state index contributed by atoms with van der Waals surface area (Å²) in [7, 11) is 0. The highest BCUT2D eigenvalue weighted by atomic mass is 19.1. The van der Waals surface area contributed by atoms with Crippen LogP contribution in [-0.4, -0.2) is 50.3 Å². The minimum Gasteiger partial charge on any atom is -0.494 e. The molecule has 0 fully saturated rings. The fraction of sp³-hybridized carbons (Fsp3) is 0.257. The van der Waals surface area contributed by atoms with Crippen LogP contribution in [0.3, 0.4) is 0 Å². The first-order chi connectivity index (χ1) is 22.7. The number of unbranched alkanes of at least 4 members (excludes halogenated alkanes) is 3. The van der Waals surface area contributed by atoms with Crippen LogP contribution in [-0.2, 0) is 19.1 Å². The number of rotatable bonds is 19. The number of hydrogen-bond donors (Lipinski definition) is 0. The molecule has 0 N–H and O–H groups in total. The molecule has 0 saturated heterocycles. The number of benzene rings is 3. The maximum absolute atomic E-state index is 14.7. The van der Waals surface area contributed by atoms with Crippen molar-refractivity contribution in [3.05, 3.63) is 109 Å². The van der Waals surface area contributed by atoms with Crippen LogP contribution in [0.4, 0.5) is 8.78 Å². The van der Waals surface area contributed by atoms with Crippen LogP contribution in [0.2, 0.25) is 0 Å². The maximum Gasteiger partial charge on any atom is 0.343 e. The van der Waals surface area contributed by atoms with Gasteiger partial charge in [0.2, 0.25) is 5.75 Å². The van der Waals surface area contributed by atoms with Crippen LogP contribution in [0, 0.1) is 11.6 Å². The normalized spacial score (nSPS) is 10.3. The van der Waals surface area contributed by atoms with E-state index in [0.717, 1.165) is 50.0 Å². The number of halogens is 2. The Bertz CT molecular complexity index is 1510. The lowest BCUT2D eigenvalue weighted by Crippen LogP contribution is -2.12. The predicted molar refractivity (Wildman–Crippen MR) is 166 cm³/mol. The zero-order valence-electron chi connectivity index (χ0n) is 25.5. The summed E-state index contributed by atoms with van der Waals surface area (Å²) >= 11 is 0. The van der Waals surface area contributed by atoms with E-state index >= 15 is 0 Å². The molecule has 3 rings (SSSR count). The molecule has 0 aromatic heterocycles. The zero-order valence-corrected chi connectivity index (χ0v) is 25.5. The minimum atomic E-state index is -1.25. The van der Waals surface area contributed by atoms with Crippen molar-refractivity contribution in [2.75, 3.05) is 26.4 Å². The summed E-state index contributed by atoms with van der Waals surface area (Å²) in [5, 5.41) is 0. The van der Waals surface area contributed by atoms with Crippen molar-refractivity contribution in [3.63, 3.8) is 0 Å². The van der Waals surface area contributed by atoms with E-state index in [0.29, 0.717) is 31.1 Å². The molecule has 3 aromatic rings. The minimum absolute atomic E-state index is 0.00254. The average molecular weight is 653 g/mol. The summed E-state index contributed by atoms with van der Waals surface area (Å²) in [4.78, 5) is 47.0. The fourth-order valence-electron chi connectivity index (χ4n) is 3.85. The van der Waals surface area contributed by atoms with Gasteiger partial charge < -0.3 is 28.4 Å². The summed E-state index contributed by atoms with van der Waals surface area (Å²) in [6, 6.07) is 13.1. The smallest absolute Gasteiger partial charge is 0.343 e. The molecule has 47 heavy (non-hydrogen) atoms. The Morgan fingerprint density at radius 1 is 0.553 bits per heavy atom. The van der Waals surface area contributed by atoms with Gasteiger partial charge in [-0.15, -0.1) is 0 Å². The van der Waals surface area contributed by atoms with Crippen molar-refractivity contribution >= 4 is 23.9 Å². The van der Waals surface area contributed by atoms with Crippen LogP contribution in [0.1, 0.15) is 52.8 Å². The topological polar surface area (TPSA) is 124 Å². The van der Waals surface area contributed by atoms with Crippen molar-refractivity contribution in [2.45, 2.75) is 32.1 Å². The number of esters is 4. The Hall–Kier alpha value is -5.52. The molecule has 0 unspecified atom stereocenters. The summed E-state index contributed by atoms with van der Waals surface area (Å²) in [6.45, 7) is 7.81. The largest absolute Gasteiger partial charge is 0.494 e. The lowest BCUT2D eigenvalue weighted by molar-refractivity contribution is -0.138. The Morgan fingerprint density at radius 3 is 1.47 bits per heavy atom. The number of carbonyl (C=O) groups excluding carboxylic acids is 4. The molecule has 0 bridgehead atoms. The number of ether oxygens (including phenoxy) is 6. The van der Waals surface area contributed by atoms with Gasteiger partial charge in [-0.1, -0.05) is 13.2 Å². The summed E-state index contributed by atoms with van der Waals surface area (Å²) in [5.41, 5.74) is 0.119. The highest BCUT2D eigenvalue weighted by Crippen LogP contribution is 2.29. The van der Waals surface area contributed by atoms with E-state index in [1.54, 1.807) is 12.1 Å². The van der Waals surface area contributed by atoms with Gasteiger partial charge in [-0.05, 0) is 74.2 Å². The number of hydrogen-bond acceptors (Lipinski definition) is 10. The van der Waals surface area contributed by atoms with Gasteiger partial charge in [0, 0.05) is 30.7 Å². The second-order valence-electron chi connectivity index (χ2n) is 9.75. The molecule has 0 aliphatic heterocycles. The van der Waals surface area contributed by atoms with Crippen molar-refractivity contribution < 1.29 is 56.4 Å². The first-order valence-electron chi connectivity index (χ1n) is 14.7. The molecular formula is C35H34F2O10. The summed E-state index contributed by atoms with van der Waals surface area (Å²) in [6.07, 6.45) is 5.87. The van der Waals surface area contributed by atoms with E-state index in [1.807, 2.05) is 0 Å². The van der Waals surface area contributed by atoms with E-state index in [-0.39, 0.29) is 24.3 Å². The molecule has 10 nitrogen and oxygen atoms in total. The second-order valence-corrected chi connectivity index (χ2v) is 9.75. The van der Waals surface area contributed by atoms with Gasteiger partial charge in [0.25, 0.3) is 0 Å². The molecule has 0 radical (unpaired) electrons. The molecule has 0 spiro atoms. The molecule has 3 aromatic carbocycles. The average Bonchev–Trinajstić information content (AvgIpc) is 3.07. The van der Waals surface area contributed by atoms with Gasteiger partial charge in [-0.25, -0.2) is 28.0 Å². The van der Waals surface area contributed by atoms with E-state index in [4.69, 9.17) is 28.4 Å². The van der Waals surface area contributed by atoms with Crippen molar-refractivity contribution in [1.29, 1.82) is 0 Å². The molecular weight excluding hydrogens is 618 g/mol. The fourth-order valence-corrected chi connectivity index (χ4v) is 3.85. The molecule has 12 heteroatoms. The van der Waals surface area contributed by atoms with Crippen LogP contribution in [0.5, 0.6) is 23.0 Å². The Kier molecular flexibility index (Phi) is 14.6. The number of carbonyl (C=O) groups is 4. The summed E-state index contributed by atoms with van der Waals surface area (Å²) < 4.78 is 60.3. The molecule has 0 saturated carbocycles. The first-order valence-corrected chi connectivity index (χ1v) is 14.7. The predicted octanol–water partition coefficient (Wildman–Crippen LogP) is 6.57. The third-order valence-corrected chi connectivity index (χ3v) is 6.24. The van der Waals surface area contributed by atoms with Crippen LogP contribution < -0.4 is 18.9 Å². The SMILES string of the molecule is C=CC(=O)OCCCCCCOc1ccc(C(=O)Oc2cc(F)c(OC(=O)c3ccc(OCCCOC(=O)C=C)cc3)c(F)c2)cc1. The Labute approximate surface area is 270 Å². The Balaban J connectivity index is 1.44. The third-order valence-electron chi connectivity index (χ3n) is 6.24. The van der Waals surface area contributed by atoms with Crippen LogP contribution in [0.25, 0.3) is 0 Å². The van der Waals surface area contributed by atoms with Crippen LogP contribution >= 0.6 is 0 Å². The van der Waals surface area contributed by atoms with Gasteiger partial charge >= 0.3 is 23.9 Å².